The molecule has 0 unspecified atom stereocenters. The Hall–Kier alpha value is -1.14. The van der Waals surface area contributed by atoms with E-state index in [1.54, 1.807) is 0 Å². The van der Waals surface area contributed by atoms with Crippen LogP contribution in [0.1, 0.15) is 12.0 Å². The summed E-state index contributed by atoms with van der Waals surface area (Å²) in [6.45, 7) is 8.44. The van der Waals surface area contributed by atoms with Crippen molar-refractivity contribution >= 4 is 5.69 Å². The van der Waals surface area contributed by atoms with E-state index in [0.29, 0.717) is 5.92 Å². The summed E-state index contributed by atoms with van der Waals surface area (Å²) >= 11 is 0. The number of nitrogens with one attached hydrogen (secondary N) is 4. The van der Waals surface area contributed by atoms with Gasteiger partial charge in [-0.25, -0.2) is 0 Å². The van der Waals surface area contributed by atoms with Crippen LogP contribution in [0.4, 0.5) is 5.69 Å². The Morgan fingerprint density at radius 1 is 0.773 bits per heavy atom. The summed E-state index contributed by atoms with van der Waals surface area (Å²) in [5, 5.41) is 14.1. The number of nitrogen functional groups attached to an aromatic ring is 1. The van der Waals surface area contributed by atoms with Gasteiger partial charge in [-0.05, 0) is 62.6 Å². The molecule has 0 radical (unpaired) electrons. The number of nitrogens with two attached hydrogens (primary N) is 1. The van der Waals surface area contributed by atoms with E-state index in [1.807, 2.05) is 12.1 Å². The minimum Gasteiger partial charge on any atom is -0.399 e. The summed E-state index contributed by atoms with van der Waals surface area (Å²) in [6.07, 6.45) is 2.28. The number of benzene rings is 1. The minimum absolute atomic E-state index is 0.603. The van der Waals surface area contributed by atoms with Gasteiger partial charge in [0.15, 0.2) is 0 Å². The van der Waals surface area contributed by atoms with Crippen LogP contribution in [-0.2, 0) is 6.42 Å². The molecule has 1 aromatic rings. The molecule has 1 aliphatic heterocycles. The number of rotatable bonds is 2. The van der Waals surface area contributed by atoms with Crippen molar-refractivity contribution in [3.8, 4) is 0 Å². The highest BCUT2D eigenvalue weighted by Crippen LogP contribution is 2.10. The van der Waals surface area contributed by atoms with Crippen LogP contribution in [0.5, 0.6) is 0 Å². The number of hydrogen-bond acceptors (Lipinski definition) is 5. The quantitative estimate of drug-likeness (QED) is 0.505. The Bertz CT molecular complexity index is 379. The first-order valence-electron chi connectivity index (χ1n) is 8.52. The van der Waals surface area contributed by atoms with E-state index in [0.717, 1.165) is 64.5 Å². The minimum atomic E-state index is 0.603. The Morgan fingerprint density at radius 2 is 1.32 bits per heavy atom. The molecule has 0 spiro atoms. The van der Waals surface area contributed by atoms with Crippen molar-refractivity contribution in [1.29, 1.82) is 0 Å². The third-order valence-corrected chi connectivity index (χ3v) is 4.03. The first kappa shape index (κ1) is 17.2. The van der Waals surface area contributed by atoms with Crippen molar-refractivity contribution in [3.05, 3.63) is 29.8 Å². The van der Waals surface area contributed by atoms with Gasteiger partial charge in [-0.3, -0.25) is 0 Å². The van der Waals surface area contributed by atoms with Gasteiger partial charge < -0.3 is 27.0 Å². The summed E-state index contributed by atoms with van der Waals surface area (Å²) in [5.41, 5.74) is 7.96. The van der Waals surface area contributed by atoms with Crippen LogP contribution in [0.3, 0.4) is 0 Å². The van der Waals surface area contributed by atoms with Gasteiger partial charge in [0.2, 0.25) is 0 Å². The Balaban J connectivity index is 1.81. The van der Waals surface area contributed by atoms with Gasteiger partial charge in [-0.1, -0.05) is 12.1 Å². The Labute approximate surface area is 134 Å². The maximum absolute atomic E-state index is 5.76. The summed E-state index contributed by atoms with van der Waals surface area (Å²) in [5.74, 6) is 0.603. The predicted molar refractivity (Wildman–Crippen MR) is 94.1 cm³/mol. The number of hydrogen-bond donors (Lipinski definition) is 5. The smallest absolute Gasteiger partial charge is 0.0314 e. The lowest BCUT2D eigenvalue weighted by atomic mass is 9.99. The van der Waals surface area contributed by atoms with Crippen LogP contribution >= 0.6 is 0 Å². The molecular weight excluding hydrogens is 274 g/mol. The van der Waals surface area contributed by atoms with E-state index < -0.39 is 0 Å². The fourth-order valence-corrected chi connectivity index (χ4v) is 2.76. The van der Waals surface area contributed by atoms with Gasteiger partial charge in [0.25, 0.3) is 0 Å². The van der Waals surface area contributed by atoms with Crippen molar-refractivity contribution in [2.45, 2.75) is 12.8 Å². The van der Waals surface area contributed by atoms with Gasteiger partial charge in [0.05, 0.1) is 0 Å². The lowest BCUT2D eigenvalue weighted by Crippen LogP contribution is -2.39. The molecule has 22 heavy (non-hydrogen) atoms. The molecule has 1 saturated heterocycles. The topological polar surface area (TPSA) is 74.1 Å². The highest BCUT2D eigenvalue weighted by Gasteiger charge is 2.09. The molecule has 124 valence electrons. The maximum Gasteiger partial charge on any atom is 0.0314 e. The zero-order chi connectivity index (χ0) is 15.5. The van der Waals surface area contributed by atoms with Crippen LogP contribution in [0.2, 0.25) is 0 Å². The van der Waals surface area contributed by atoms with E-state index >= 15 is 0 Å². The van der Waals surface area contributed by atoms with Crippen molar-refractivity contribution < 1.29 is 0 Å². The zero-order valence-electron chi connectivity index (χ0n) is 13.5. The average molecular weight is 305 g/mol. The van der Waals surface area contributed by atoms with Crippen LogP contribution in [0.15, 0.2) is 24.3 Å². The van der Waals surface area contributed by atoms with Gasteiger partial charge in [0, 0.05) is 31.9 Å². The van der Waals surface area contributed by atoms with E-state index in [2.05, 4.69) is 33.4 Å². The van der Waals surface area contributed by atoms with E-state index in [9.17, 15) is 0 Å². The largest absolute Gasteiger partial charge is 0.399 e. The molecule has 1 heterocycles. The molecule has 1 aromatic carbocycles. The Morgan fingerprint density at radius 3 is 1.91 bits per heavy atom. The van der Waals surface area contributed by atoms with Gasteiger partial charge in [-0.2, -0.15) is 0 Å². The fourth-order valence-electron chi connectivity index (χ4n) is 2.76. The molecule has 6 N–H and O–H groups in total. The summed E-state index contributed by atoms with van der Waals surface area (Å²) in [6, 6.07) is 8.27. The molecule has 1 aliphatic rings. The van der Waals surface area contributed by atoms with Gasteiger partial charge >= 0.3 is 0 Å². The fraction of sp³-hybridized carbons (Fsp3) is 0.647. The number of anilines is 1. The van der Waals surface area contributed by atoms with Crippen LogP contribution < -0.4 is 27.0 Å². The van der Waals surface area contributed by atoms with Crippen molar-refractivity contribution in [2.75, 3.05) is 58.1 Å². The van der Waals surface area contributed by atoms with Gasteiger partial charge in [0.1, 0.15) is 0 Å². The van der Waals surface area contributed by atoms with Gasteiger partial charge in [-0.15, -0.1) is 0 Å². The second-order valence-corrected chi connectivity index (χ2v) is 6.07. The molecule has 0 amide bonds. The standard InChI is InChI=1S/C17H31N5/c18-17-4-2-15(3-5-17)12-16-13-21-10-8-19-6-1-7-20-9-11-22-14-16/h2-5,16,19-22H,1,6-14,18H2. The highest BCUT2D eigenvalue weighted by molar-refractivity contribution is 5.39. The lowest BCUT2D eigenvalue weighted by Gasteiger charge is -2.19. The third kappa shape index (κ3) is 7.22. The first-order valence-corrected chi connectivity index (χ1v) is 8.52. The van der Waals surface area contributed by atoms with Crippen LogP contribution in [0.25, 0.3) is 0 Å². The summed E-state index contributed by atoms with van der Waals surface area (Å²) in [7, 11) is 0. The average Bonchev–Trinajstić information content (AvgIpc) is 2.53. The van der Waals surface area contributed by atoms with Crippen molar-refractivity contribution in [1.82, 2.24) is 21.3 Å². The van der Waals surface area contributed by atoms with Crippen molar-refractivity contribution in [2.24, 2.45) is 5.92 Å². The third-order valence-electron chi connectivity index (χ3n) is 4.03. The zero-order valence-corrected chi connectivity index (χ0v) is 13.5. The maximum atomic E-state index is 5.76. The molecular formula is C17H31N5. The van der Waals surface area contributed by atoms with Crippen LogP contribution in [0, 0.1) is 5.92 Å². The molecule has 0 saturated carbocycles. The molecule has 0 aromatic heterocycles. The molecule has 0 aliphatic carbocycles. The second kappa shape index (κ2) is 10.6. The highest BCUT2D eigenvalue weighted by atomic mass is 15.0. The molecule has 2 rings (SSSR count). The SMILES string of the molecule is Nc1ccc(CC2CNCCNCCCNCCNC2)cc1. The van der Waals surface area contributed by atoms with Crippen molar-refractivity contribution in [3.63, 3.8) is 0 Å². The summed E-state index contributed by atoms with van der Waals surface area (Å²) in [4.78, 5) is 0. The summed E-state index contributed by atoms with van der Waals surface area (Å²) < 4.78 is 0. The Kier molecular flexibility index (Phi) is 8.27. The monoisotopic (exact) mass is 305 g/mol. The molecule has 0 atom stereocenters. The molecule has 1 fully saturated rings. The normalized spacial score (nSPS) is 20.4. The van der Waals surface area contributed by atoms with E-state index in [-0.39, 0.29) is 0 Å². The predicted octanol–water partition coefficient (Wildman–Crippen LogP) is 0.190. The van der Waals surface area contributed by atoms with Crippen LogP contribution in [-0.4, -0.2) is 52.4 Å². The molecule has 5 nitrogen and oxygen atoms in total. The first-order chi connectivity index (χ1) is 10.8. The van der Waals surface area contributed by atoms with E-state index in [4.69, 9.17) is 5.73 Å². The molecule has 0 bridgehead atoms. The molecule has 5 heteroatoms. The lowest BCUT2D eigenvalue weighted by molar-refractivity contribution is 0.430. The second-order valence-electron chi connectivity index (χ2n) is 6.07. The van der Waals surface area contributed by atoms with E-state index in [1.165, 1.54) is 12.0 Å².